The Hall–Kier alpha value is -2.08. The summed E-state index contributed by atoms with van der Waals surface area (Å²) >= 11 is -1.29. The van der Waals surface area contributed by atoms with Crippen LogP contribution in [-0.4, -0.2) is 20.9 Å². The molecule has 0 amide bonds. The Morgan fingerprint density at radius 2 is 1.91 bits per heavy atom. The molecule has 1 aliphatic rings. The van der Waals surface area contributed by atoms with E-state index in [4.69, 9.17) is 0 Å². The highest BCUT2D eigenvalue weighted by molar-refractivity contribution is 7.90. The minimum Gasteiger partial charge on any atom is -0.573 e. The van der Waals surface area contributed by atoms with Crippen LogP contribution in [0.4, 0.5) is 5.69 Å². The molecule has 1 N–H and O–H groups in total. The summed E-state index contributed by atoms with van der Waals surface area (Å²) < 4.78 is 17.5. The van der Waals surface area contributed by atoms with Gasteiger partial charge >= 0.3 is 0 Å². The molecule has 1 aromatic heterocycles. The average Bonchev–Trinajstić information content (AvgIpc) is 2.57. The Bertz CT molecular complexity index is 866. The number of anilines is 1. The normalized spacial score (nSPS) is 21.0. The first-order valence-electron chi connectivity index (χ1n) is 7.51. The lowest BCUT2D eigenvalue weighted by Crippen LogP contribution is -2.40. The lowest BCUT2D eigenvalue weighted by atomic mass is 9.95. The van der Waals surface area contributed by atoms with Crippen LogP contribution in [0, 0.1) is 6.92 Å². The highest BCUT2D eigenvalue weighted by Gasteiger charge is 2.37. The summed E-state index contributed by atoms with van der Waals surface area (Å²) in [5.74, 6) is 0. The second-order valence-electron chi connectivity index (χ2n) is 5.82. The van der Waals surface area contributed by atoms with Gasteiger partial charge in [-0.25, -0.2) is 0 Å². The number of fused-ring (bicyclic) bond motifs is 3. The predicted molar refractivity (Wildman–Crippen MR) is 94.3 cm³/mol. The van der Waals surface area contributed by atoms with Crippen LogP contribution in [0.5, 0.6) is 0 Å². The smallest absolute Gasteiger partial charge is 0.167 e. The number of nitrogens with zero attached hydrogens (tertiary/aromatic N) is 2. The van der Waals surface area contributed by atoms with Gasteiger partial charge in [0.15, 0.2) is 11.5 Å². The molecule has 2 aromatic carbocycles. The van der Waals surface area contributed by atoms with Crippen molar-refractivity contribution in [3.05, 3.63) is 71.4 Å². The van der Waals surface area contributed by atoms with Gasteiger partial charge in [-0.15, -0.1) is 0 Å². The van der Waals surface area contributed by atoms with Crippen LogP contribution in [0.15, 0.2) is 54.7 Å². The van der Waals surface area contributed by atoms with Crippen LogP contribution in [-0.2, 0) is 11.5 Å². The van der Waals surface area contributed by atoms with Crippen LogP contribution < -0.4 is 4.72 Å². The van der Waals surface area contributed by atoms with Gasteiger partial charge in [-0.2, -0.15) is 4.72 Å². The SMILES string of the molecule is Cc1ccc(C2c3ccc4cccnc4c3N[S+]([O-])N2C)cc1. The fourth-order valence-electron chi connectivity index (χ4n) is 3.08. The van der Waals surface area contributed by atoms with Crippen molar-refractivity contribution in [2.75, 3.05) is 11.8 Å². The molecule has 0 saturated heterocycles. The van der Waals surface area contributed by atoms with Gasteiger partial charge in [0, 0.05) is 24.2 Å². The van der Waals surface area contributed by atoms with E-state index in [0.717, 1.165) is 27.7 Å². The lowest BCUT2D eigenvalue weighted by molar-refractivity contribution is 0.416. The van der Waals surface area contributed by atoms with Gasteiger partial charge in [-0.1, -0.05) is 52.3 Å². The van der Waals surface area contributed by atoms with Gasteiger partial charge < -0.3 is 4.55 Å². The summed E-state index contributed by atoms with van der Waals surface area (Å²) in [4.78, 5) is 4.48. The zero-order chi connectivity index (χ0) is 16.0. The van der Waals surface area contributed by atoms with Crippen LogP contribution in [0.3, 0.4) is 0 Å². The van der Waals surface area contributed by atoms with Crippen LogP contribution in [0.1, 0.15) is 22.7 Å². The second kappa shape index (κ2) is 5.53. The molecule has 116 valence electrons. The number of rotatable bonds is 1. The molecule has 1 aliphatic heterocycles. The molecule has 2 heterocycles. The van der Waals surface area contributed by atoms with E-state index in [-0.39, 0.29) is 6.04 Å². The summed E-state index contributed by atoms with van der Waals surface area (Å²) in [5.41, 5.74) is 5.17. The summed E-state index contributed by atoms with van der Waals surface area (Å²) in [5, 5.41) is 1.04. The van der Waals surface area contributed by atoms with Crippen molar-refractivity contribution < 1.29 is 4.55 Å². The molecule has 3 aromatic rings. The van der Waals surface area contributed by atoms with E-state index in [0.29, 0.717) is 0 Å². The highest BCUT2D eigenvalue weighted by Crippen LogP contribution is 2.41. The molecule has 2 unspecified atom stereocenters. The Labute approximate surface area is 138 Å². The van der Waals surface area contributed by atoms with Crippen LogP contribution in [0.2, 0.25) is 0 Å². The van der Waals surface area contributed by atoms with Gasteiger partial charge in [0.05, 0.1) is 5.52 Å². The molecule has 0 bridgehead atoms. The molecule has 4 rings (SSSR count). The molecule has 23 heavy (non-hydrogen) atoms. The van der Waals surface area contributed by atoms with E-state index in [1.807, 2.05) is 23.5 Å². The number of hydrogen-bond donors (Lipinski definition) is 1. The van der Waals surface area contributed by atoms with Gasteiger partial charge in [0.25, 0.3) is 0 Å². The van der Waals surface area contributed by atoms with Crippen molar-refractivity contribution in [3.63, 3.8) is 0 Å². The first-order chi connectivity index (χ1) is 11.1. The van der Waals surface area contributed by atoms with Crippen LogP contribution in [0.25, 0.3) is 10.9 Å². The summed E-state index contributed by atoms with van der Waals surface area (Å²) in [6.45, 7) is 2.07. The fourth-order valence-corrected chi connectivity index (χ4v) is 4.04. The topological polar surface area (TPSA) is 51.2 Å². The summed E-state index contributed by atoms with van der Waals surface area (Å²) in [7, 11) is 1.87. The first kappa shape index (κ1) is 14.5. The fraction of sp³-hybridized carbons (Fsp3) is 0.167. The highest BCUT2D eigenvalue weighted by atomic mass is 32.2. The number of nitrogens with one attached hydrogen (secondary N) is 1. The van der Waals surface area contributed by atoms with Crippen LogP contribution >= 0.6 is 0 Å². The van der Waals surface area contributed by atoms with Crippen molar-refractivity contribution in [3.8, 4) is 0 Å². The number of hydrogen-bond acceptors (Lipinski definition) is 4. The largest absolute Gasteiger partial charge is 0.573 e. The van der Waals surface area contributed by atoms with E-state index in [1.165, 1.54) is 5.56 Å². The minimum absolute atomic E-state index is 0.0564. The first-order valence-corrected chi connectivity index (χ1v) is 8.61. The van der Waals surface area contributed by atoms with Gasteiger partial charge in [-0.05, 0) is 18.6 Å². The van der Waals surface area contributed by atoms with E-state index >= 15 is 0 Å². The summed E-state index contributed by atoms with van der Waals surface area (Å²) in [6, 6.07) is 16.4. The molecule has 2 atom stereocenters. The third-order valence-corrected chi connectivity index (χ3v) is 5.42. The predicted octanol–water partition coefficient (Wildman–Crippen LogP) is 3.57. The molecule has 0 fully saturated rings. The van der Waals surface area contributed by atoms with E-state index in [1.54, 1.807) is 6.20 Å². The number of aryl methyl sites for hydroxylation is 1. The Morgan fingerprint density at radius 1 is 1.13 bits per heavy atom. The average molecular weight is 323 g/mol. The standard InChI is InChI=1S/C18H17N3OS/c1-12-5-7-14(8-6-12)18-15-10-9-13-4-3-11-19-16(13)17(15)20-23(22)21(18)2/h3-11,18,20H,1-2H3. The maximum Gasteiger partial charge on any atom is 0.167 e. The number of benzene rings is 2. The Balaban J connectivity index is 1.94. The Kier molecular flexibility index (Phi) is 3.49. The van der Waals surface area contributed by atoms with E-state index in [2.05, 4.69) is 53.0 Å². The van der Waals surface area contributed by atoms with E-state index < -0.39 is 11.5 Å². The molecule has 0 saturated carbocycles. The zero-order valence-corrected chi connectivity index (χ0v) is 13.8. The van der Waals surface area contributed by atoms with Gasteiger partial charge in [-0.3, -0.25) is 4.98 Å². The quantitative estimate of drug-likeness (QED) is 0.696. The second-order valence-corrected chi connectivity index (χ2v) is 7.09. The molecule has 0 spiro atoms. The molecular weight excluding hydrogens is 306 g/mol. The maximum atomic E-state index is 12.5. The number of pyridine rings is 1. The number of aromatic nitrogens is 1. The minimum atomic E-state index is -1.29. The van der Waals surface area contributed by atoms with Gasteiger partial charge in [0.2, 0.25) is 0 Å². The van der Waals surface area contributed by atoms with E-state index in [9.17, 15) is 4.55 Å². The molecular formula is C18H17N3OS. The Morgan fingerprint density at radius 3 is 2.70 bits per heavy atom. The van der Waals surface area contributed by atoms with Crippen molar-refractivity contribution in [2.24, 2.45) is 0 Å². The molecule has 0 aliphatic carbocycles. The molecule has 4 nitrogen and oxygen atoms in total. The maximum absolute atomic E-state index is 12.5. The third-order valence-electron chi connectivity index (χ3n) is 4.31. The van der Waals surface area contributed by atoms with Crippen molar-refractivity contribution in [2.45, 2.75) is 13.0 Å². The summed E-state index contributed by atoms with van der Waals surface area (Å²) in [6.07, 6.45) is 1.77. The van der Waals surface area contributed by atoms with Crippen molar-refractivity contribution >= 4 is 28.1 Å². The third kappa shape index (κ3) is 2.37. The zero-order valence-electron chi connectivity index (χ0n) is 13.0. The lowest BCUT2D eigenvalue weighted by Gasteiger charge is -2.34. The molecule has 5 heteroatoms. The monoisotopic (exact) mass is 323 g/mol. The molecule has 0 radical (unpaired) electrons. The van der Waals surface area contributed by atoms with Crippen molar-refractivity contribution in [1.29, 1.82) is 0 Å². The van der Waals surface area contributed by atoms with Gasteiger partial charge in [0.1, 0.15) is 11.7 Å². The van der Waals surface area contributed by atoms with Crippen molar-refractivity contribution in [1.82, 2.24) is 9.29 Å².